The minimum atomic E-state index is 0.785. The van der Waals surface area contributed by atoms with Crippen LogP contribution < -0.4 is 9.64 Å². The lowest BCUT2D eigenvalue weighted by Crippen LogP contribution is -2.31. The molecule has 1 aliphatic heterocycles. The SMILES string of the molecule is C=CCc1ccc2c(c1)OCCN2CI. The Hall–Kier alpha value is -0.710. The molecular formula is C12H14INO. The highest BCUT2D eigenvalue weighted by atomic mass is 127. The normalized spacial score (nSPS) is 14.3. The molecule has 1 aromatic carbocycles. The summed E-state index contributed by atoms with van der Waals surface area (Å²) in [5.74, 6) is 1.01. The number of alkyl halides is 1. The maximum Gasteiger partial charge on any atom is 0.142 e. The largest absolute Gasteiger partial charge is 0.490 e. The molecule has 1 aromatic rings. The molecule has 1 heterocycles. The quantitative estimate of drug-likeness (QED) is 0.368. The highest BCUT2D eigenvalue weighted by molar-refractivity contribution is 14.1. The minimum Gasteiger partial charge on any atom is -0.490 e. The second-order valence-corrected chi connectivity index (χ2v) is 4.21. The van der Waals surface area contributed by atoms with Crippen LogP contribution in [0.25, 0.3) is 0 Å². The Morgan fingerprint density at radius 1 is 1.53 bits per heavy atom. The lowest BCUT2D eigenvalue weighted by molar-refractivity contribution is 0.310. The Bertz CT molecular complexity index is 365. The van der Waals surface area contributed by atoms with Gasteiger partial charge in [0.1, 0.15) is 12.4 Å². The standard InChI is InChI=1S/C12H14INO/c1-2-3-10-4-5-11-12(8-10)15-7-6-14(11)9-13/h2,4-5,8H,1,3,6-7,9H2. The topological polar surface area (TPSA) is 12.5 Å². The number of anilines is 1. The van der Waals surface area contributed by atoms with Crippen molar-refractivity contribution in [2.24, 2.45) is 0 Å². The molecule has 0 fully saturated rings. The van der Waals surface area contributed by atoms with Crippen LogP contribution in [0.1, 0.15) is 5.56 Å². The summed E-state index contributed by atoms with van der Waals surface area (Å²) in [7, 11) is 0. The summed E-state index contributed by atoms with van der Waals surface area (Å²) in [5, 5.41) is 0. The summed E-state index contributed by atoms with van der Waals surface area (Å²) >= 11 is 2.38. The van der Waals surface area contributed by atoms with Crippen molar-refractivity contribution >= 4 is 28.3 Å². The number of allylic oxidation sites excluding steroid dienone is 1. The van der Waals surface area contributed by atoms with E-state index < -0.39 is 0 Å². The van der Waals surface area contributed by atoms with Gasteiger partial charge in [-0.25, -0.2) is 0 Å². The molecule has 1 aliphatic rings. The Kier molecular flexibility index (Phi) is 3.51. The van der Waals surface area contributed by atoms with Crippen molar-refractivity contribution < 1.29 is 4.74 Å². The minimum absolute atomic E-state index is 0.785. The number of ether oxygens (including phenoxy) is 1. The summed E-state index contributed by atoms with van der Waals surface area (Å²) in [4.78, 5) is 2.33. The van der Waals surface area contributed by atoms with Crippen LogP contribution in [0.3, 0.4) is 0 Å². The summed E-state index contributed by atoms with van der Waals surface area (Å²) in [6, 6.07) is 6.41. The molecular weight excluding hydrogens is 301 g/mol. The summed E-state index contributed by atoms with van der Waals surface area (Å²) < 4.78 is 6.67. The fourth-order valence-electron chi connectivity index (χ4n) is 1.74. The molecule has 0 aliphatic carbocycles. The van der Waals surface area contributed by atoms with E-state index in [1.165, 1.54) is 11.3 Å². The van der Waals surface area contributed by atoms with Gasteiger partial charge in [-0.15, -0.1) is 6.58 Å². The summed E-state index contributed by atoms with van der Waals surface area (Å²) in [6.07, 6.45) is 2.82. The first-order valence-corrected chi connectivity index (χ1v) is 6.55. The van der Waals surface area contributed by atoms with E-state index in [9.17, 15) is 0 Å². The molecule has 2 nitrogen and oxygen atoms in total. The van der Waals surface area contributed by atoms with Gasteiger partial charge in [0.05, 0.1) is 16.8 Å². The van der Waals surface area contributed by atoms with Crippen LogP contribution >= 0.6 is 22.6 Å². The fourth-order valence-corrected chi connectivity index (χ4v) is 2.45. The number of nitrogens with zero attached hydrogens (tertiary/aromatic N) is 1. The van der Waals surface area contributed by atoms with Crippen LogP contribution in [0.5, 0.6) is 5.75 Å². The van der Waals surface area contributed by atoms with E-state index in [0.29, 0.717) is 0 Å². The van der Waals surface area contributed by atoms with Crippen LogP contribution in [-0.2, 0) is 6.42 Å². The smallest absolute Gasteiger partial charge is 0.142 e. The van der Waals surface area contributed by atoms with E-state index in [-0.39, 0.29) is 0 Å². The first-order chi connectivity index (χ1) is 7.35. The number of hydrogen-bond donors (Lipinski definition) is 0. The average molecular weight is 315 g/mol. The van der Waals surface area contributed by atoms with Crippen molar-refractivity contribution in [2.45, 2.75) is 6.42 Å². The summed E-state index contributed by atoms with van der Waals surface area (Å²) in [6.45, 7) is 5.51. The highest BCUT2D eigenvalue weighted by Crippen LogP contribution is 2.32. The molecule has 0 atom stereocenters. The Labute approximate surface area is 104 Å². The fraction of sp³-hybridized carbons (Fsp3) is 0.333. The average Bonchev–Trinajstić information content (AvgIpc) is 2.28. The predicted molar refractivity (Wildman–Crippen MR) is 72.1 cm³/mol. The zero-order valence-electron chi connectivity index (χ0n) is 8.58. The van der Waals surface area contributed by atoms with Crippen LogP contribution in [0.2, 0.25) is 0 Å². The maximum atomic E-state index is 5.66. The first kappa shape index (κ1) is 10.8. The Balaban J connectivity index is 2.31. The van der Waals surface area contributed by atoms with Crippen LogP contribution in [0.4, 0.5) is 5.69 Å². The van der Waals surface area contributed by atoms with E-state index in [2.05, 4.69) is 52.3 Å². The van der Waals surface area contributed by atoms with E-state index in [1.54, 1.807) is 0 Å². The molecule has 15 heavy (non-hydrogen) atoms. The number of halogens is 1. The molecule has 0 spiro atoms. The third-order valence-electron chi connectivity index (χ3n) is 2.51. The first-order valence-electron chi connectivity index (χ1n) is 5.02. The molecule has 0 unspecified atom stereocenters. The van der Waals surface area contributed by atoms with Crippen LogP contribution in [0, 0.1) is 0 Å². The Morgan fingerprint density at radius 2 is 2.40 bits per heavy atom. The summed E-state index contributed by atoms with van der Waals surface area (Å²) in [5.41, 5.74) is 2.47. The van der Waals surface area contributed by atoms with Crippen molar-refractivity contribution in [1.29, 1.82) is 0 Å². The van der Waals surface area contributed by atoms with Gasteiger partial charge in [-0.05, 0) is 24.1 Å². The van der Waals surface area contributed by atoms with Gasteiger partial charge in [0.15, 0.2) is 0 Å². The third-order valence-corrected chi connectivity index (χ3v) is 3.33. The van der Waals surface area contributed by atoms with E-state index >= 15 is 0 Å². The lowest BCUT2D eigenvalue weighted by Gasteiger charge is -2.29. The lowest BCUT2D eigenvalue weighted by atomic mass is 10.1. The van der Waals surface area contributed by atoms with Gasteiger partial charge in [0.25, 0.3) is 0 Å². The molecule has 2 rings (SSSR count). The van der Waals surface area contributed by atoms with Gasteiger partial charge >= 0.3 is 0 Å². The highest BCUT2D eigenvalue weighted by Gasteiger charge is 2.16. The van der Waals surface area contributed by atoms with E-state index in [0.717, 1.165) is 29.9 Å². The van der Waals surface area contributed by atoms with Crippen molar-refractivity contribution in [3.8, 4) is 5.75 Å². The zero-order valence-corrected chi connectivity index (χ0v) is 10.7. The molecule has 0 saturated carbocycles. The molecule has 0 aromatic heterocycles. The number of fused-ring (bicyclic) bond motifs is 1. The molecule has 80 valence electrons. The monoisotopic (exact) mass is 315 g/mol. The third kappa shape index (κ3) is 2.27. The van der Waals surface area contributed by atoms with E-state index in [1.807, 2.05) is 6.08 Å². The number of rotatable bonds is 3. The van der Waals surface area contributed by atoms with E-state index in [4.69, 9.17) is 4.74 Å². The molecule has 0 saturated heterocycles. The van der Waals surface area contributed by atoms with Gasteiger partial charge in [0.2, 0.25) is 0 Å². The second-order valence-electron chi connectivity index (χ2n) is 3.53. The number of benzene rings is 1. The molecule has 0 amide bonds. The molecule has 0 bridgehead atoms. The Morgan fingerprint density at radius 3 is 3.13 bits per heavy atom. The van der Waals surface area contributed by atoms with Gasteiger partial charge in [-0.1, -0.05) is 34.7 Å². The maximum absolute atomic E-state index is 5.66. The molecule has 0 N–H and O–H groups in total. The second kappa shape index (κ2) is 4.88. The van der Waals surface area contributed by atoms with Gasteiger partial charge in [0, 0.05) is 0 Å². The van der Waals surface area contributed by atoms with Gasteiger partial charge in [-0.3, -0.25) is 0 Å². The van der Waals surface area contributed by atoms with Crippen molar-refractivity contribution in [2.75, 3.05) is 22.6 Å². The van der Waals surface area contributed by atoms with Crippen LogP contribution in [0.15, 0.2) is 30.9 Å². The zero-order chi connectivity index (χ0) is 10.7. The predicted octanol–water partition coefficient (Wildman–Crippen LogP) is 3.01. The number of hydrogen-bond acceptors (Lipinski definition) is 2. The van der Waals surface area contributed by atoms with Gasteiger partial charge < -0.3 is 9.64 Å². The van der Waals surface area contributed by atoms with Crippen molar-refractivity contribution in [3.05, 3.63) is 36.4 Å². The van der Waals surface area contributed by atoms with Crippen LogP contribution in [-0.4, -0.2) is 17.7 Å². The van der Waals surface area contributed by atoms with Crippen molar-refractivity contribution in [3.63, 3.8) is 0 Å². The molecule has 3 heteroatoms. The van der Waals surface area contributed by atoms with Crippen molar-refractivity contribution in [1.82, 2.24) is 0 Å². The van der Waals surface area contributed by atoms with Gasteiger partial charge in [-0.2, -0.15) is 0 Å². The molecule has 0 radical (unpaired) electrons.